The van der Waals surface area contributed by atoms with Gasteiger partial charge in [0.15, 0.2) is 27.9 Å². The molecule has 0 radical (unpaired) electrons. The van der Waals surface area contributed by atoms with E-state index >= 15 is 4.79 Å². The molecule has 4 aromatic rings. The molecule has 4 rings (SSSR count). The number of nitrogens with one attached hydrogen (secondary N) is 1. The van der Waals surface area contributed by atoms with Crippen molar-refractivity contribution in [3.05, 3.63) is 119 Å². The van der Waals surface area contributed by atoms with Crippen molar-refractivity contribution in [1.82, 2.24) is 15.3 Å². The van der Waals surface area contributed by atoms with Crippen LogP contribution in [0, 0.1) is 0 Å². The molecule has 14 heteroatoms. The monoisotopic (exact) mass is 788 g/mol. The Labute approximate surface area is 333 Å². The number of nitrogens with zero attached hydrogens (tertiary/aromatic N) is 2. The van der Waals surface area contributed by atoms with Crippen molar-refractivity contribution in [2.45, 2.75) is 42.2 Å². The summed E-state index contributed by atoms with van der Waals surface area (Å²) in [5, 5.41) is 0.229. The minimum absolute atomic E-state index is 0.0288. The summed E-state index contributed by atoms with van der Waals surface area (Å²) in [4.78, 5) is 54.3. The summed E-state index contributed by atoms with van der Waals surface area (Å²) in [7, 11) is 6.12. The van der Waals surface area contributed by atoms with Crippen molar-refractivity contribution in [2.24, 2.45) is 5.73 Å². The Kier molecular flexibility index (Phi) is 15.7. The number of carbonyl (C=O) groups excluding carboxylic acids is 4. The average molecular weight is 789 g/mol. The summed E-state index contributed by atoms with van der Waals surface area (Å²) in [6.07, 6.45) is 0.0916. The summed E-state index contributed by atoms with van der Waals surface area (Å²) in [6.45, 7) is -0.0388. The molecule has 0 aliphatic carbocycles. The molecule has 55 heavy (non-hydrogen) atoms. The first-order valence-electron chi connectivity index (χ1n) is 17.5. The minimum atomic E-state index is -1.88. The lowest BCUT2D eigenvalue weighted by molar-refractivity contribution is -0.152. The topological polar surface area (TPSA) is 150 Å². The number of methoxy groups -OCH3 is 4. The molecule has 2 atom stereocenters. The molecular weight excluding hydrogens is 741 g/mol. The lowest BCUT2D eigenvalue weighted by Crippen LogP contribution is -2.64. The zero-order chi connectivity index (χ0) is 40.0. The zero-order valence-corrected chi connectivity index (χ0v) is 33.2. The third-order valence-electron chi connectivity index (χ3n) is 8.89. The standard InChI is InChI=1S/C41H48N4O8S2/c1-50-32-17-15-29(23-34(32)52-3)19-21-44(39(48)36(54)25-28-11-7-5-8-12-28)41(55,27-31-13-9-6-10-14-31)40(49)45(43-38(47)26-37(42)46)22-20-30-16-18-33(51-2)35(24-30)53-4/h5-18,23-24,36,54-55H,19-22,25-27H2,1-4H3,(H2,42,46)(H,43,47)/t36-,41-/m0/s1. The fourth-order valence-electron chi connectivity index (χ4n) is 6.08. The van der Waals surface area contributed by atoms with Gasteiger partial charge in [0.05, 0.1) is 33.7 Å². The van der Waals surface area contributed by atoms with E-state index in [1.54, 1.807) is 31.4 Å². The summed E-state index contributed by atoms with van der Waals surface area (Å²) >= 11 is 9.90. The van der Waals surface area contributed by atoms with E-state index in [0.717, 1.165) is 21.7 Å². The third-order valence-corrected chi connectivity index (χ3v) is 9.88. The molecule has 0 aliphatic rings. The van der Waals surface area contributed by atoms with Gasteiger partial charge in [-0.25, -0.2) is 0 Å². The Bertz CT molecular complexity index is 1920. The van der Waals surface area contributed by atoms with Gasteiger partial charge in [0.2, 0.25) is 17.7 Å². The number of hydrogen-bond acceptors (Lipinski definition) is 10. The van der Waals surface area contributed by atoms with Crippen LogP contribution in [-0.2, 0) is 44.9 Å². The Hall–Kier alpha value is -5.34. The summed E-state index contributed by atoms with van der Waals surface area (Å²) < 4.78 is 21.8. The predicted octanol–water partition coefficient (Wildman–Crippen LogP) is 4.48. The van der Waals surface area contributed by atoms with Crippen LogP contribution >= 0.6 is 25.3 Å². The number of hydrogen-bond donors (Lipinski definition) is 4. The number of carbonyl (C=O) groups is 4. The summed E-state index contributed by atoms with van der Waals surface area (Å²) in [5.41, 5.74) is 11.1. The first-order chi connectivity index (χ1) is 26.4. The first-order valence-corrected chi connectivity index (χ1v) is 18.5. The normalized spacial score (nSPS) is 12.4. The van der Waals surface area contributed by atoms with E-state index in [9.17, 15) is 14.4 Å². The predicted molar refractivity (Wildman–Crippen MR) is 217 cm³/mol. The van der Waals surface area contributed by atoms with Gasteiger partial charge >= 0.3 is 0 Å². The highest BCUT2D eigenvalue weighted by Gasteiger charge is 2.47. The number of thiol groups is 2. The van der Waals surface area contributed by atoms with Crippen LogP contribution in [-0.4, -0.2) is 85.2 Å². The molecule has 0 fully saturated rings. The van der Waals surface area contributed by atoms with Crippen molar-refractivity contribution in [3.63, 3.8) is 0 Å². The second kappa shape index (κ2) is 20.4. The molecule has 0 unspecified atom stereocenters. The molecule has 0 bridgehead atoms. The highest BCUT2D eigenvalue weighted by Crippen LogP contribution is 2.33. The van der Waals surface area contributed by atoms with Gasteiger partial charge in [0, 0.05) is 19.5 Å². The SMILES string of the molecule is COc1ccc(CCN(NC(=O)CC(N)=O)C(=O)[C@@](S)(Cc2ccccc2)N(CCc2ccc(OC)c(OC)c2)C(=O)[C@@H](S)Cc2ccccc2)cc1OC. The molecule has 292 valence electrons. The number of primary amides is 1. The number of amides is 4. The number of benzene rings is 4. The Morgan fingerprint density at radius 1 is 0.691 bits per heavy atom. The molecule has 0 saturated heterocycles. The third kappa shape index (κ3) is 11.6. The van der Waals surface area contributed by atoms with Gasteiger partial charge < -0.3 is 29.6 Å². The summed E-state index contributed by atoms with van der Waals surface area (Å²) in [5.74, 6) is -0.795. The van der Waals surface area contributed by atoms with Crippen LogP contribution in [0.15, 0.2) is 97.1 Å². The average Bonchev–Trinajstić information content (AvgIpc) is 3.19. The van der Waals surface area contributed by atoms with Crippen molar-refractivity contribution in [1.29, 1.82) is 0 Å². The molecule has 0 aliphatic heterocycles. The van der Waals surface area contributed by atoms with Crippen molar-refractivity contribution in [3.8, 4) is 23.0 Å². The molecule has 0 spiro atoms. The Morgan fingerprint density at radius 3 is 1.67 bits per heavy atom. The van der Waals surface area contributed by atoms with E-state index in [4.69, 9.17) is 49.9 Å². The van der Waals surface area contributed by atoms with E-state index in [1.165, 1.54) is 26.2 Å². The van der Waals surface area contributed by atoms with Crippen LogP contribution in [0.3, 0.4) is 0 Å². The fourth-order valence-corrected chi connectivity index (χ4v) is 6.93. The van der Waals surface area contributed by atoms with Crippen LogP contribution in [0.2, 0.25) is 0 Å². The maximum Gasteiger partial charge on any atom is 0.277 e. The molecule has 4 aromatic carbocycles. The zero-order valence-electron chi connectivity index (χ0n) is 31.4. The van der Waals surface area contributed by atoms with Gasteiger partial charge in [-0.2, -0.15) is 12.6 Å². The number of rotatable bonds is 19. The molecule has 0 saturated carbocycles. The molecule has 3 N–H and O–H groups in total. The van der Waals surface area contributed by atoms with Crippen molar-refractivity contribution in [2.75, 3.05) is 41.5 Å². The van der Waals surface area contributed by atoms with Crippen LogP contribution in [0.4, 0.5) is 0 Å². The maximum atomic E-state index is 15.2. The summed E-state index contributed by atoms with van der Waals surface area (Å²) in [6, 6.07) is 29.3. The number of hydrazine groups is 1. The van der Waals surface area contributed by atoms with Gasteiger partial charge in [-0.15, -0.1) is 12.6 Å². The molecule has 12 nitrogen and oxygen atoms in total. The van der Waals surface area contributed by atoms with Gasteiger partial charge in [0.25, 0.3) is 5.91 Å². The van der Waals surface area contributed by atoms with Crippen LogP contribution in [0.5, 0.6) is 23.0 Å². The lowest BCUT2D eigenvalue weighted by atomic mass is 9.99. The van der Waals surface area contributed by atoms with E-state index in [2.05, 4.69) is 5.43 Å². The minimum Gasteiger partial charge on any atom is -0.493 e. The quantitative estimate of drug-likeness (QED) is 0.0471. The molecule has 4 amide bonds. The molecular formula is C41H48N4O8S2. The van der Waals surface area contributed by atoms with Gasteiger partial charge in [0.1, 0.15) is 6.42 Å². The Balaban J connectivity index is 1.81. The highest BCUT2D eigenvalue weighted by molar-refractivity contribution is 7.83. The van der Waals surface area contributed by atoms with Crippen molar-refractivity contribution >= 4 is 48.9 Å². The second-order valence-electron chi connectivity index (χ2n) is 12.7. The lowest BCUT2D eigenvalue weighted by Gasteiger charge is -2.43. The van der Waals surface area contributed by atoms with E-state index in [-0.39, 0.29) is 32.4 Å². The first kappa shape index (κ1) is 42.4. The number of ether oxygens (including phenoxy) is 4. The highest BCUT2D eigenvalue weighted by atomic mass is 32.1. The van der Waals surface area contributed by atoms with Gasteiger partial charge in [-0.05, 0) is 65.8 Å². The van der Waals surface area contributed by atoms with Gasteiger partial charge in [-0.3, -0.25) is 29.6 Å². The van der Waals surface area contributed by atoms with Crippen LogP contribution < -0.4 is 30.1 Å². The van der Waals surface area contributed by atoms with E-state index in [0.29, 0.717) is 35.0 Å². The molecule has 0 heterocycles. The van der Waals surface area contributed by atoms with Crippen LogP contribution in [0.25, 0.3) is 0 Å². The van der Waals surface area contributed by atoms with Crippen molar-refractivity contribution < 1.29 is 38.1 Å². The van der Waals surface area contributed by atoms with Gasteiger partial charge in [-0.1, -0.05) is 72.8 Å². The second-order valence-corrected chi connectivity index (χ2v) is 14.1. The maximum absolute atomic E-state index is 15.2. The smallest absolute Gasteiger partial charge is 0.277 e. The van der Waals surface area contributed by atoms with Crippen LogP contribution in [0.1, 0.15) is 28.7 Å². The number of nitrogens with two attached hydrogens (primary N) is 1. The molecule has 0 aromatic heterocycles. The Morgan fingerprint density at radius 2 is 1.18 bits per heavy atom. The largest absolute Gasteiger partial charge is 0.493 e. The fraction of sp³-hybridized carbons (Fsp3) is 0.317. The van der Waals surface area contributed by atoms with E-state index < -0.39 is 40.2 Å². The van der Waals surface area contributed by atoms with E-state index in [1.807, 2.05) is 72.8 Å².